The smallest absolute Gasteiger partial charge is 0.345 e. The van der Waals surface area contributed by atoms with Crippen LogP contribution >= 0.6 is 11.3 Å². The van der Waals surface area contributed by atoms with Crippen molar-refractivity contribution < 1.29 is 18.3 Å². The molecular formula is C12H18N2O4S2. The highest BCUT2D eigenvalue weighted by Crippen LogP contribution is 2.25. The molecule has 1 aliphatic carbocycles. The zero-order valence-corrected chi connectivity index (χ0v) is 12.8. The molecule has 1 fully saturated rings. The van der Waals surface area contributed by atoms with Gasteiger partial charge in [-0.05, 0) is 38.8 Å². The second-order valence-electron chi connectivity index (χ2n) is 4.82. The Labute approximate surface area is 122 Å². The van der Waals surface area contributed by atoms with E-state index in [1.165, 1.54) is 18.9 Å². The van der Waals surface area contributed by atoms with Gasteiger partial charge in [0.15, 0.2) is 0 Å². The Hall–Kier alpha value is -0.960. The van der Waals surface area contributed by atoms with Gasteiger partial charge in [0.05, 0.1) is 4.90 Å². The lowest BCUT2D eigenvalue weighted by molar-refractivity contribution is 0.0702. The van der Waals surface area contributed by atoms with E-state index >= 15 is 0 Å². The first-order chi connectivity index (χ1) is 9.40. The second-order valence-corrected chi connectivity index (χ2v) is 7.81. The lowest BCUT2D eigenvalue weighted by atomic mass is 10.4. The average Bonchev–Trinajstić information content (AvgIpc) is 3.09. The second kappa shape index (κ2) is 6.21. The number of aryl methyl sites for hydroxylation is 1. The summed E-state index contributed by atoms with van der Waals surface area (Å²) in [6.45, 7) is 2.75. The average molecular weight is 318 g/mol. The molecule has 3 N–H and O–H groups in total. The molecule has 1 heterocycles. The Kier molecular flexibility index (Phi) is 4.79. The molecule has 1 aliphatic rings. The van der Waals surface area contributed by atoms with E-state index in [4.69, 9.17) is 5.11 Å². The van der Waals surface area contributed by atoms with Crippen LogP contribution in [-0.4, -0.2) is 38.6 Å². The number of sulfonamides is 1. The fourth-order valence-electron chi connectivity index (χ4n) is 1.80. The van der Waals surface area contributed by atoms with Crippen molar-refractivity contribution in [1.29, 1.82) is 0 Å². The lowest BCUT2D eigenvalue weighted by Crippen LogP contribution is -2.28. The molecule has 0 aliphatic heterocycles. The van der Waals surface area contributed by atoms with Gasteiger partial charge in [0.25, 0.3) is 0 Å². The van der Waals surface area contributed by atoms with Gasteiger partial charge in [-0.15, -0.1) is 11.3 Å². The van der Waals surface area contributed by atoms with Crippen molar-refractivity contribution >= 4 is 27.3 Å². The zero-order chi connectivity index (χ0) is 14.8. The van der Waals surface area contributed by atoms with E-state index in [0.717, 1.165) is 17.9 Å². The summed E-state index contributed by atoms with van der Waals surface area (Å²) in [5.41, 5.74) is 0. The van der Waals surface area contributed by atoms with Crippen molar-refractivity contribution in [1.82, 2.24) is 10.0 Å². The molecule has 0 spiro atoms. The molecule has 0 bridgehead atoms. The molecule has 112 valence electrons. The first kappa shape index (κ1) is 15.4. The highest BCUT2D eigenvalue weighted by molar-refractivity contribution is 7.89. The van der Waals surface area contributed by atoms with Crippen LogP contribution in [0.3, 0.4) is 0 Å². The molecule has 8 heteroatoms. The van der Waals surface area contributed by atoms with Crippen molar-refractivity contribution in [3.63, 3.8) is 0 Å². The van der Waals surface area contributed by atoms with Crippen molar-refractivity contribution in [3.05, 3.63) is 15.8 Å². The molecule has 1 saturated carbocycles. The Morgan fingerprint density at radius 2 is 2.15 bits per heavy atom. The van der Waals surface area contributed by atoms with E-state index < -0.39 is 16.0 Å². The highest BCUT2D eigenvalue weighted by Gasteiger charge is 2.22. The molecule has 0 amide bonds. The highest BCUT2D eigenvalue weighted by atomic mass is 32.2. The Bertz CT molecular complexity index is 591. The molecule has 2 rings (SSSR count). The first-order valence-electron chi connectivity index (χ1n) is 6.47. The maximum absolute atomic E-state index is 12.1. The van der Waals surface area contributed by atoms with E-state index in [1.54, 1.807) is 6.92 Å². The number of hydrogen-bond donors (Lipinski definition) is 3. The monoisotopic (exact) mass is 318 g/mol. The van der Waals surface area contributed by atoms with Gasteiger partial charge >= 0.3 is 5.97 Å². The fourth-order valence-corrected chi connectivity index (χ4v) is 4.31. The minimum absolute atomic E-state index is 0.0401. The number of aromatic carboxylic acids is 1. The van der Waals surface area contributed by atoms with Gasteiger partial charge in [-0.1, -0.05) is 0 Å². The molecule has 1 aromatic rings. The quantitative estimate of drug-likeness (QED) is 0.626. The topological polar surface area (TPSA) is 95.5 Å². The third-order valence-corrected chi connectivity index (χ3v) is 5.78. The molecule has 0 saturated heterocycles. The Morgan fingerprint density at radius 1 is 1.45 bits per heavy atom. The zero-order valence-electron chi connectivity index (χ0n) is 11.2. The van der Waals surface area contributed by atoms with E-state index in [0.29, 0.717) is 23.9 Å². The Balaban J connectivity index is 1.89. The van der Waals surface area contributed by atoms with Crippen LogP contribution in [0.1, 0.15) is 33.8 Å². The van der Waals surface area contributed by atoms with Crippen LogP contribution < -0.4 is 10.0 Å². The summed E-state index contributed by atoms with van der Waals surface area (Å²) in [6.07, 6.45) is 3.13. The van der Waals surface area contributed by atoms with Crippen molar-refractivity contribution in [2.75, 3.05) is 13.1 Å². The summed E-state index contributed by atoms with van der Waals surface area (Å²) in [5.74, 6) is -1.10. The minimum atomic E-state index is -3.62. The first-order valence-corrected chi connectivity index (χ1v) is 8.77. The number of rotatable bonds is 8. The number of thiophene rings is 1. The standard InChI is InChI=1S/C12H18N2O4S2/c1-8-11(7-10(19-8)12(15)16)20(17,18)14-6-2-5-13-9-3-4-9/h7,9,13-14H,2-6H2,1H3,(H,15,16). The van der Waals surface area contributed by atoms with Gasteiger partial charge in [-0.25, -0.2) is 17.9 Å². The summed E-state index contributed by atoms with van der Waals surface area (Å²) in [5, 5.41) is 12.2. The number of hydrogen-bond acceptors (Lipinski definition) is 5. The fraction of sp³-hybridized carbons (Fsp3) is 0.583. The van der Waals surface area contributed by atoms with Gasteiger partial charge < -0.3 is 10.4 Å². The lowest BCUT2D eigenvalue weighted by Gasteiger charge is -2.06. The summed E-state index contributed by atoms with van der Waals surface area (Å²) < 4.78 is 26.7. The number of carboxylic acids is 1. The molecule has 0 unspecified atom stereocenters. The molecular weight excluding hydrogens is 300 g/mol. The normalized spacial score (nSPS) is 15.4. The molecule has 6 nitrogen and oxygen atoms in total. The number of nitrogens with one attached hydrogen (secondary N) is 2. The predicted molar refractivity (Wildman–Crippen MR) is 76.8 cm³/mol. The van der Waals surface area contributed by atoms with Crippen molar-refractivity contribution in [2.45, 2.75) is 37.1 Å². The third-order valence-electron chi connectivity index (χ3n) is 3.03. The summed E-state index contributed by atoms with van der Waals surface area (Å²) >= 11 is 0.974. The van der Waals surface area contributed by atoms with Crippen LogP contribution in [0.5, 0.6) is 0 Å². The summed E-state index contributed by atoms with van der Waals surface area (Å²) in [6, 6.07) is 1.83. The van der Waals surface area contributed by atoms with Crippen LogP contribution in [0.2, 0.25) is 0 Å². The largest absolute Gasteiger partial charge is 0.477 e. The summed E-state index contributed by atoms with van der Waals surface area (Å²) in [4.78, 5) is 11.4. The molecule has 0 atom stereocenters. The van der Waals surface area contributed by atoms with Gasteiger partial charge in [0, 0.05) is 17.5 Å². The molecule has 0 radical (unpaired) electrons. The van der Waals surface area contributed by atoms with Crippen molar-refractivity contribution in [3.8, 4) is 0 Å². The number of carboxylic acid groups (broad SMARTS) is 1. The van der Waals surface area contributed by atoms with Crippen LogP contribution in [0.4, 0.5) is 0 Å². The molecule has 0 aromatic carbocycles. The molecule has 1 aromatic heterocycles. The maximum atomic E-state index is 12.1. The van der Waals surface area contributed by atoms with E-state index in [-0.39, 0.29) is 9.77 Å². The van der Waals surface area contributed by atoms with E-state index in [2.05, 4.69) is 10.0 Å². The minimum Gasteiger partial charge on any atom is -0.477 e. The summed E-state index contributed by atoms with van der Waals surface area (Å²) in [7, 11) is -3.62. The van der Waals surface area contributed by atoms with Gasteiger partial charge in [0.1, 0.15) is 4.88 Å². The van der Waals surface area contributed by atoms with Gasteiger partial charge in [-0.2, -0.15) is 0 Å². The van der Waals surface area contributed by atoms with Crippen LogP contribution in [0, 0.1) is 6.92 Å². The predicted octanol–water partition coefficient (Wildman–Crippen LogP) is 1.18. The Morgan fingerprint density at radius 3 is 2.70 bits per heavy atom. The van der Waals surface area contributed by atoms with Crippen LogP contribution in [0.25, 0.3) is 0 Å². The number of carbonyl (C=O) groups is 1. The van der Waals surface area contributed by atoms with Crippen LogP contribution in [-0.2, 0) is 10.0 Å². The van der Waals surface area contributed by atoms with Crippen molar-refractivity contribution in [2.24, 2.45) is 0 Å². The van der Waals surface area contributed by atoms with Crippen LogP contribution in [0.15, 0.2) is 11.0 Å². The van der Waals surface area contributed by atoms with Gasteiger partial charge in [-0.3, -0.25) is 0 Å². The van der Waals surface area contributed by atoms with E-state index in [1.807, 2.05) is 0 Å². The van der Waals surface area contributed by atoms with Gasteiger partial charge in [0.2, 0.25) is 10.0 Å². The maximum Gasteiger partial charge on any atom is 0.345 e. The third kappa shape index (κ3) is 4.02. The SMILES string of the molecule is Cc1sc(C(=O)O)cc1S(=O)(=O)NCCCNC1CC1. The molecule has 20 heavy (non-hydrogen) atoms. The van der Waals surface area contributed by atoms with E-state index in [9.17, 15) is 13.2 Å².